The molecule has 0 aromatic carbocycles. The van der Waals surface area contributed by atoms with Crippen LogP contribution in [-0.4, -0.2) is 46.4 Å². The molecule has 0 aromatic heterocycles. The summed E-state index contributed by atoms with van der Waals surface area (Å²) < 4.78 is 4.88. The maximum absolute atomic E-state index is 10.9. The number of aliphatic carboxylic acids is 2. The average Bonchev–Trinajstić information content (AvgIpc) is 2.47. The summed E-state index contributed by atoms with van der Waals surface area (Å²) in [5, 5.41) is 24.7. The Bertz CT molecular complexity index is 347. The Morgan fingerprint density at radius 1 is 0.870 bits per heavy atom. The van der Waals surface area contributed by atoms with E-state index in [1.165, 1.54) is 0 Å². The molecule has 7 heteroatoms. The third-order valence-corrected chi connectivity index (χ3v) is 2.67. The van der Waals surface area contributed by atoms with Crippen LogP contribution >= 0.6 is 0 Å². The molecule has 0 aliphatic heterocycles. The van der Waals surface area contributed by atoms with Crippen molar-refractivity contribution in [3.05, 3.63) is 12.2 Å². The van der Waals surface area contributed by atoms with Crippen LogP contribution in [0.5, 0.6) is 0 Å². The Morgan fingerprint density at radius 3 is 1.74 bits per heavy atom. The van der Waals surface area contributed by atoms with Gasteiger partial charge in [-0.2, -0.15) is 0 Å². The molecule has 3 N–H and O–H groups in total. The minimum absolute atomic E-state index is 0.0628. The van der Waals surface area contributed by atoms with Crippen LogP contribution in [0.3, 0.4) is 0 Å². The second-order valence-corrected chi connectivity index (χ2v) is 5.05. The molecule has 0 rings (SSSR count). The summed E-state index contributed by atoms with van der Waals surface area (Å²) in [7, 11) is 0. The van der Waals surface area contributed by atoms with Gasteiger partial charge in [0, 0.05) is 25.0 Å². The molecule has 0 saturated carbocycles. The van der Waals surface area contributed by atoms with Crippen LogP contribution in [-0.2, 0) is 19.1 Å². The summed E-state index contributed by atoms with van der Waals surface area (Å²) in [6.07, 6.45) is 4.68. The predicted octanol–water partition coefficient (Wildman–Crippen LogP) is 2.37. The summed E-state index contributed by atoms with van der Waals surface area (Å²) in [5.41, 5.74) is 0.440. The molecular formula is C16H28O7. The lowest BCUT2D eigenvalue weighted by Crippen LogP contribution is -2.06. The van der Waals surface area contributed by atoms with E-state index in [1.807, 2.05) is 0 Å². The normalized spacial score (nSPS) is 9.48. The van der Waals surface area contributed by atoms with E-state index in [-0.39, 0.29) is 25.4 Å². The minimum Gasteiger partial charge on any atom is -0.481 e. The largest absolute Gasteiger partial charge is 0.481 e. The first kappa shape index (κ1) is 23.4. The van der Waals surface area contributed by atoms with Crippen molar-refractivity contribution in [2.45, 2.75) is 58.3 Å². The molecule has 0 radical (unpaired) electrons. The molecule has 0 fully saturated rings. The molecule has 0 aromatic rings. The molecule has 0 aliphatic rings. The fraction of sp³-hybridized carbons (Fsp3) is 0.688. The van der Waals surface area contributed by atoms with Crippen LogP contribution in [0.25, 0.3) is 0 Å². The van der Waals surface area contributed by atoms with Gasteiger partial charge in [0.05, 0.1) is 6.61 Å². The number of aliphatic hydroxyl groups is 1. The van der Waals surface area contributed by atoms with E-state index in [0.29, 0.717) is 25.0 Å². The van der Waals surface area contributed by atoms with Gasteiger partial charge >= 0.3 is 17.9 Å². The Kier molecular flexibility index (Phi) is 16.8. The van der Waals surface area contributed by atoms with Gasteiger partial charge in [-0.3, -0.25) is 9.59 Å². The van der Waals surface area contributed by atoms with E-state index in [0.717, 1.165) is 25.7 Å². The highest BCUT2D eigenvalue weighted by molar-refractivity contribution is 5.86. The Labute approximate surface area is 137 Å². The SMILES string of the molecule is C=C(C)C(=O)OCCCCCCO.O=C(O)CCCCC(=O)O. The number of carboxylic acid groups (broad SMARTS) is 2. The Balaban J connectivity index is 0. The lowest BCUT2D eigenvalue weighted by Gasteiger charge is -2.03. The first-order valence-electron chi connectivity index (χ1n) is 7.68. The number of carbonyl (C=O) groups excluding carboxylic acids is 1. The zero-order valence-corrected chi connectivity index (χ0v) is 13.8. The van der Waals surface area contributed by atoms with Gasteiger partial charge in [0.2, 0.25) is 0 Å². The molecule has 0 spiro atoms. The van der Waals surface area contributed by atoms with Crippen LogP contribution in [0.4, 0.5) is 0 Å². The van der Waals surface area contributed by atoms with Gasteiger partial charge in [-0.05, 0) is 39.0 Å². The maximum Gasteiger partial charge on any atom is 0.333 e. The summed E-state index contributed by atoms with van der Waals surface area (Å²) >= 11 is 0. The predicted molar refractivity (Wildman–Crippen MR) is 85.1 cm³/mol. The third-order valence-electron chi connectivity index (χ3n) is 2.67. The lowest BCUT2D eigenvalue weighted by molar-refractivity contribution is -0.139. The highest BCUT2D eigenvalue weighted by Gasteiger charge is 2.01. The summed E-state index contributed by atoms with van der Waals surface area (Å²) in [6, 6.07) is 0. The van der Waals surface area contributed by atoms with Crippen LogP contribution in [0.2, 0.25) is 0 Å². The van der Waals surface area contributed by atoms with Gasteiger partial charge in [-0.1, -0.05) is 13.0 Å². The zero-order chi connectivity index (χ0) is 18.1. The molecule has 0 aliphatic carbocycles. The van der Waals surface area contributed by atoms with E-state index in [9.17, 15) is 14.4 Å². The highest BCUT2D eigenvalue weighted by atomic mass is 16.5. The highest BCUT2D eigenvalue weighted by Crippen LogP contribution is 2.01. The number of hydrogen-bond donors (Lipinski definition) is 3. The van der Waals surface area contributed by atoms with Crippen molar-refractivity contribution < 1.29 is 34.4 Å². The number of aliphatic hydroxyl groups excluding tert-OH is 1. The zero-order valence-electron chi connectivity index (χ0n) is 13.8. The van der Waals surface area contributed by atoms with Gasteiger partial charge < -0.3 is 20.1 Å². The quantitative estimate of drug-likeness (QED) is 0.285. The van der Waals surface area contributed by atoms with Gasteiger partial charge in [-0.25, -0.2) is 4.79 Å². The maximum atomic E-state index is 10.9. The standard InChI is InChI=1S/C10H18O3.C6H10O4/c1-9(2)10(12)13-8-6-4-3-5-7-11;7-5(8)3-1-2-4-6(9)10/h11H,1,3-8H2,2H3;1-4H2,(H,7,8)(H,9,10). The smallest absolute Gasteiger partial charge is 0.333 e. The van der Waals surface area contributed by atoms with E-state index >= 15 is 0 Å². The Hall–Kier alpha value is -1.89. The first-order valence-corrected chi connectivity index (χ1v) is 7.68. The van der Waals surface area contributed by atoms with Gasteiger partial charge in [0.15, 0.2) is 0 Å². The molecule has 0 amide bonds. The summed E-state index contributed by atoms with van der Waals surface area (Å²) in [6.45, 7) is 5.81. The third kappa shape index (κ3) is 22.5. The van der Waals surface area contributed by atoms with Crippen LogP contribution in [0.15, 0.2) is 12.2 Å². The average molecular weight is 332 g/mol. The monoisotopic (exact) mass is 332 g/mol. The van der Waals surface area contributed by atoms with Crippen molar-refractivity contribution in [2.24, 2.45) is 0 Å². The molecule has 23 heavy (non-hydrogen) atoms. The fourth-order valence-electron chi connectivity index (χ4n) is 1.41. The number of carbonyl (C=O) groups is 3. The van der Waals surface area contributed by atoms with Crippen molar-refractivity contribution in [3.63, 3.8) is 0 Å². The van der Waals surface area contributed by atoms with Crippen molar-refractivity contribution in [3.8, 4) is 0 Å². The Morgan fingerprint density at radius 2 is 1.35 bits per heavy atom. The topological polar surface area (TPSA) is 121 Å². The first-order chi connectivity index (χ1) is 10.8. The fourth-order valence-corrected chi connectivity index (χ4v) is 1.41. The number of ether oxygens (including phenoxy) is 1. The summed E-state index contributed by atoms with van der Waals surface area (Å²) in [5.74, 6) is -2.06. The van der Waals surface area contributed by atoms with Crippen molar-refractivity contribution in [1.29, 1.82) is 0 Å². The van der Waals surface area contributed by atoms with Gasteiger partial charge in [-0.15, -0.1) is 0 Å². The number of hydrogen-bond acceptors (Lipinski definition) is 5. The van der Waals surface area contributed by atoms with E-state index in [1.54, 1.807) is 6.92 Å². The summed E-state index contributed by atoms with van der Waals surface area (Å²) in [4.78, 5) is 30.7. The van der Waals surface area contributed by atoms with Gasteiger partial charge in [0.1, 0.15) is 0 Å². The van der Waals surface area contributed by atoms with E-state index in [2.05, 4.69) is 6.58 Å². The number of rotatable bonds is 12. The number of unbranched alkanes of at least 4 members (excludes halogenated alkanes) is 4. The molecular weight excluding hydrogens is 304 g/mol. The minimum atomic E-state index is -0.870. The second kappa shape index (κ2) is 16.5. The van der Waals surface area contributed by atoms with E-state index < -0.39 is 11.9 Å². The number of carboxylic acids is 2. The molecule has 0 atom stereocenters. The van der Waals surface area contributed by atoms with Crippen LogP contribution < -0.4 is 0 Å². The van der Waals surface area contributed by atoms with Gasteiger partial charge in [0.25, 0.3) is 0 Å². The van der Waals surface area contributed by atoms with Crippen molar-refractivity contribution in [2.75, 3.05) is 13.2 Å². The van der Waals surface area contributed by atoms with Crippen molar-refractivity contribution in [1.82, 2.24) is 0 Å². The van der Waals surface area contributed by atoms with Crippen LogP contribution in [0, 0.1) is 0 Å². The molecule has 0 saturated heterocycles. The molecule has 7 nitrogen and oxygen atoms in total. The molecule has 0 heterocycles. The van der Waals surface area contributed by atoms with Crippen molar-refractivity contribution >= 4 is 17.9 Å². The molecule has 0 unspecified atom stereocenters. The molecule has 0 bridgehead atoms. The van der Waals surface area contributed by atoms with Crippen LogP contribution in [0.1, 0.15) is 58.3 Å². The molecule has 134 valence electrons. The lowest BCUT2D eigenvalue weighted by atomic mass is 10.2. The number of esters is 1. The van der Waals surface area contributed by atoms with E-state index in [4.69, 9.17) is 20.1 Å². The second-order valence-electron chi connectivity index (χ2n) is 5.05.